The average Bonchev–Trinajstić information content (AvgIpc) is 2.87. The third kappa shape index (κ3) is 9.51. The van der Waals surface area contributed by atoms with Crippen molar-refractivity contribution in [1.82, 2.24) is 10.2 Å². The van der Waals surface area contributed by atoms with Crippen LogP contribution in [0.4, 0.5) is 5.69 Å². The van der Waals surface area contributed by atoms with Crippen molar-refractivity contribution in [3.05, 3.63) is 97.9 Å². The minimum absolute atomic E-state index is 0.00631. The summed E-state index contributed by atoms with van der Waals surface area (Å²) < 4.78 is 26.7. The Morgan fingerprint density at radius 2 is 1.44 bits per heavy atom. The van der Waals surface area contributed by atoms with Crippen LogP contribution in [0.25, 0.3) is 0 Å². The van der Waals surface area contributed by atoms with Crippen molar-refractivity contribution >= 4 is 73.9 Å². The number of anilines is 1. The fraction of sp³-hybridized carbons (Fsp3) is 0.310. The summed E-state index contributed by atoms with van der Waals surface area (Å²) in [5.41, 5.74) is 0.917. The molecule has 7 nitrogen and oxygen atoms in total. The number of hydrogen-bond donors (Lipinski definition) is 1. The van der Waals surface area contributed by atoms with Gasteiger partial charge in [-0.05, 0) is 56.2 Å². The predicted molar refractivity (Wildman–Crippen MR) is 167 cm³/mol. The standard InChI is InChI=1S/C29H31Cl4N3O4S/c1-29(2,3)34-28(38)26(14-19-8-6-5-7-9-19)35(17-20-10-12-21(30)13-11-20)27(37)18-36(41(4,39)40)25-16-23(32)22(31)15-24(25)33/h5-13,15-16,26H,14,17-18H2,1-4H3,(H,34,38)/t26-/m0/s1. The van der Waals surface area contributed by atoms with Crippen LogP contribution in [0.15, 0.2) is 66.7 Å². The SMILES string of the molecule is CC(C)(C)NC(=O)[C@H](Cc1ccccc1)N(Cc1ccc(Cl)cc1)C(=O)CN(c1cc(Cl)c(Cl)cc1Cl)S(C)(=O)=O. The summed E-state index contributed by atoms with van der Waals surface area (Å²) in [6, 6.07) is 17.7. The fourth-order valence-electron chi connectivity index (χ4n) is 4.09. The summed E-state index contributed by atoms with van der Waals surface area (Å²) in [6.07, 6.45) is 1.14. The Bertz CT molecular complexity index is 1490. The number of hydrogen-bond acceptors (Lipinski definition) is 4. The van der Waals surface area contributed by atoms with E-state index in [0.717, 1.165) is 16.1 Å². The van der Waals surface area contributed by atoms with Gasteiger partial charge in [-0.3, -0.25) is 13.9 Å². The molecule has 2 amide bonds. The zero-order valence-corrected chi connectivity index (χ0v) is 26.8. The summed E-state index contributed by atoms with van der Waals surface area (Å²) in [5.74, 6) is -1.01. The van der Waals surface area contributed by atoms with Crippen LogP contribution < -0.4 is 9.62 Å². The Hall–Kier alpha value is -2.49. The van der Waals surface area contributed by atoms with Crippen molar-refractivity contribution in [2.75, 3.05) is 17.1 Å². The van der Waals surface area contributed by atoms with E-state index in [9.17, 15) is 18.0 Å². The van der Waals surface area contributed by atoms with Crippen molar-refractivity contribution in [2.45, 2.75) is 45.3 Å². The summed E-state index contributed by atoms with van der Waals surface area (Å²) in [7, 11) is -4.03. The number of sulfonamides is 1. The number of nitrogens with one attached hydrogen (secondary N) is 1. The molecule has 0 saturated carbocycles. The maximum absolute atomic E-state index is 14.1. The fourth-order valence-corrected chi connectivity index (χ4v) is 5.76. The van der Waals surface area contributed by atoms with Gasteiger partial charge < -0.3 is 10.2 Å². The highest BCUT2D eigenvalue weighted by molar-refractivity contribution is 7.92. The molecule has 0 radical (unpaired) electrons. The van der Waals surface area contributed by atoms with Gasteiger partial charge in [0, 0.05) is 23.5 Å². The molecule has 0 spiro atoms. The first-order valence-corrected chi connectivity index (χ1v) is 15.9. The van der Waals surface area contributed by atoms with Crippen molar-refractivity contribution in [1.29, 1.82) is 0 Å². The first-order valence-electron chi connectivity index (χ1n) is 12.6. The molecular formula is C29H31Cl4N3O4S. The summed E-state index contributed by atoms with van der Waals surface area (Å²) >= 11 is 24.7. The van der Waals surface area contributed by atoms with Gasteiger partial charge in [-0.1, -0.05) is 88.9 Å². The van der Waals surface area contributed by atoms with Crippen LogP contribution in [0.3, 0.4) is 0 Å². The molecule has 0 heterocycles. The normalized spacial score (nSPS) is 12.5. The lowest BCUT2D eigenvalue weighted by atomic mass is 10.0. The number of carbonyl (C=O) groups excluding carboxylic acids is 2. The molecule has 220 valence electrons. The number of amides is 2. The van der Waals surface area contributed by atoms with Crippen LogP contribution in [0.1, 0.15) is 31.9 Å². The second kappa shape index (κ2) is 13.7. The number of halogens is 4. The minimum atomic E-state index is -4.03. The molecule has 0 aliphatic heterocycles. The Labute approximate surface area is 261 Å². The van der Waals surface area contributed by atoms with Crippen molar-refractivity contribution < 1.29 is 18.0 Å². The van der Waals surface area contributed by atoms with Crippen molar-refractivity contribution in [3.8, 4) is 0 Å². The Balaban J connectivity index is 2.11. The summed E-state index contributed by atoms with van der Waals surface area (Å²) in [4.78, 5) is 29.2. The van der Waals surface area contributed by atoms with Gasteiger partial charge in [-0.2, -0.15) is 0 Å². The second-order valence-electron chi connectivity index (χ2n) is 10.6. The van der Waals surface area contributed by atoms with Gasteiger partial charge in [0.1, 0.15) is 12.6 Å². The first-order chi connectivity index (χ1) is 19.0. The van der Waals surface area contributed by atoms with Gasteiger partial charge in [0.25, 0.3) is 0 Å². The van der Waals surface area contributed by atoms with Crippen LogP contribution in [0, 0.1) is 0 Å². The maximum Gasteiger partial charge on any atom is 0.244 e. The van der Waals surface area contributed by atoms with Crippen molar-refractivity contribution in [2.24, 2.45) is 0 Å². The first kappa shape index (κ1) is 33.0. The number of rotatable bonds is 10. The van der Waals surface area contributed by atoms with Gasteiger partial charge in [0.2, 0.25) is 21.8 Å². The monoisotopic (exact) mass is 657 g/mol. The van der Waals surface area contributed by atoms with Crippen molar-refractivity contribution in [3.63, 3.8) is 0 Å². The molecule has 0 aromatic heterocycles. The van der Waals surface area contributed by atoms with Crippen LogP contribution in [0.5, 0.6) is 0 Å². The van der Waals surface area contributed by atoms with E-state index in [1.54, 1.807) is 24.3 Å². The zero-order valence-electron chi connectivity index (χ0n) is 23.0. The van der Waals surface area contributed by atoms with Gasteiger partial charge in [0.15, 0.2) is 0 Å². The highest BCUT2D eigenvalue weighted by Gasteiger charge is 2.34. The summed E-state index contributed by atoms with van der Waals surface area (Å²) in [6.45, 7) is 4.89. The van der Waals surface area contributed by atoms with E-state index in [2.05, 4.69) is 5.32 Å². The quantitative estimate of drug-likeness (QED) is 0.248. The van der Waals surface area contributed by atoms with E-state index in [-0.39, 0.29) is 39.6 Å². The van der Waals surface area contributed by atoms with E-state index in [4.69, 9.17) is 46.4 Å². The van der Waals surface area contributed by atoms with Crippen LogP contribution in [0.2, 0.25) is 20.1 Å². The lowest BCUT2D eigenvalue weighted by molar-refractivity contribution is -0.140. The predicted octanol–water partition coefficient (Wildman–Crippen LogP) is 6.62. The van der Waals surface area contributed by atoms with Gasteiger partial charge in [-0.15, -0.1) is 0 Å². The van der Waals surface area contributed by atoms with Gasteiger partial charge in [-0.25, -0.2) is 8.42 Å². The van der Waals surface area contributed by atoms with E-state index < -0.39 is 34.1 Å². The average molecular weight is 659 g/mol. The molecular weight excluding hydrogens is 628 g/mol. The Kier molecular flexibility index (Phi) is 11.0. The van der Waals surface area contributed by atoms with Crippen LogP contribution >= 0.6 is 46.4 Å². The smallest absolute Gasteiger partial charge is 0.244 e. The van der Waals surface area contributed by atoms with E-state index in [1.165, 1.54) is 17.0 Å². The summed E-state index contributed by atoms with van der Waals surface area (Å²) in [5, 5.41) is 3.67. The highest BCUT2D eigenvalue weighted by atomic mass is 35.5. The molecule has 3 aromatic rings. The van der Waals surface area contributed by atoms with Crippen LogP contribution in [-0.2, 0) is 32.6 Å². The van der Waals surface area contributed by atoms with Gasteiger partial charge in [0.05, 0.1) is 27.0 Å². The Morgan fingerprint density at radius 3 is 2.00 bits per heavy atom. The molecule has 0 bridgehead atoms. The topological polar surface area (TPSA) is 86.8 Å². The molecule has 0 saturated heterocycles. The van der Waals surface area contributed by atoms with Crippen LogP contribution in [-0.4, -0.2) is 49.5 Å². The molecule has 0 aliphatic carbocycles. The highest BCUT2D eigenvalue weighted by Crippen LogP contribution is 2.35. The molecule has 41 heavy (non-hydrogen) atoms. The maximum atomic E-state index is 14.1. The lowest BCUT2D eigenvalue weighted by Gasteiger charge is -2.35. The van der Waals surface area contributed by atoms with Gasteiger partial charge >= 0.3 is 0 Å². The zero-order chi connectivity index (χ0) is 30.5. The third-order valence-corrected chi connectivity index (χ3v) is 8.38. The number of nitrogens with zero attached hydrogens (tertiary/aromatic N) is 2. The molecule has 3 aromatic carbocycles. The van der Waals surface area contributed by atoms with E-state index in [0.29, 0.717) is 10.6 Å². The van der Waals surface area contributed by atoms with E-state index in [1.807, 2.05) is 51.1 Å². The molecule has 1 N–H and O–H groups in total. The molecule has 12 heteroatoms. The lowest BCUT2D eigenvalue weighted by Crippen LogP contribution is -2.56. The molecule has 0 aliphatic rings. The van der Waals surface area contributed by atoms with E-state index >= 15 is 0 Å². The third-order valence-electron chi connectivity index (χ3n) is 5.97. The number of benzene rings is 3. The molecule has 0 fully saturated rings. The minimum Gasteiger partial charge on any atom is -0.350 e. The molecule has 0 unspecified atom stereocenters. The molecule has 3 rings (SSSR count). The number of carbonyl (C=O) groups is 2. The Morgan fingerprint density at radius 1 is 0.854 bits per heavy atom. The largest absolute Gasteiger partial charge is 0.350 e. The second-order valence-corrected chi connectivity index (χ2v) is 14.1. The molecule has 1 atom stereocenters.